The van der Waals surface area contributed by atoms with Gasteiger partial charge in [-0.1, -0.05) is 0 Å². The summed E-state index contributed by atoms with van der Waals surface area (Å²) in [4.78, 5) is 31.3. The van der Waals surface area contributed by atoms with Crippen molar-refractivity contribution >= 4 is 267 Å². The summed E-state index contributed by atoms with van der Waals surface area (Å²) in [6.45, 7) is 3.40. The second-order valence-corrected chi connectivity index (χ2v) is 312. The van der Waals surface area contributed by atoms with E-state index in [9.17, 15) is 8.07 Å². The van der Waals surface area contributed by atoms with E-state index in [1.165, 1.54) is 57.2 Å². The van der Waals surface area contributed by atoms with E-state index in [1.54, 1.807) is 57.0 Å². The molecule has 7 aliphatic heterocycles. The van der Waals surface area contributed by atoms with Gasteiger partial charge in [-0.3, -0.25) is 0 Å². The van der Waals surface area contributed by atoms with Crippen molar-refractivity contribution in [3.05, 3.63) is 188 Å². The molecule has 4 saturated heterocycles. The first-order valence-corrected chi connectivity index (χ1v) is 172. The van der Waals surface area contributed by atoms with Crippen molar-refractivity contribution < 1.29 is 28.2 Å². The van der Waals surface area contributed by atoms with E-state index >= 15 is 2.81 Å². The normalized spacial score (nSPS) is 25.7. The average molecular weight is 3290 g/mol. The van der Waals surface area contributed by atoms with Crippen LogP contribution in [0.15, 0.2) is 198 Å². The second-order valence-electron chi connectivity index (χ2n) is 36.1. The molecule has 7 aromatic carbocycles. The monoisotopic (exact) mass is 3290 g/mol. The predicted octanol–water partition coefficient (Wildman–Crippen LogP) is 25.8. The van der Waals surface area contributed by atoms with E-state index in [4.69, 9.17) is 34.3 Å². The number of rotatable bonds is 5. The van der Waals surface area contributed by atoms with Gasteiger partial charge in [0, 0.05) is 0 Å². The molecule has 0 saturated carbocycles. The van der Waals surface area contributed by atoms with Crippen LogP contribution >= 0.6 is 76.2 Å². The zero-order chi connectivity index (χ0) is 83.0. The van der Waals surface area contributed by atoms with E-state index in [1.807, 2.05) is 176 Å². The van der Waals surface area contributed by atoms with Gasteiger partial charge in [-0.25, -0.2) is 0 Å². The van der Waals surface area contributed by atoms with Crippen LogP contribution in [0.3, 0.4) is 0 Å². The minimum atomic E-state index is -4.70. The van der Waals surface area contributed by atoms with Crippen LogP contribution in [0.5, 0.6) is 11.5 Å². The van der Waals surface area contributed by atoms with Crippen LogP contribution < -0.4 is 22.5 Å². The second kappa shape index (κ2) is 37.3. The molecule has 0 radical (unpaired) electrons. The molecule has 7 heterocycles. The van der Waals surface area contributed by atoms with Gasteiger partial charge < -0.3 is 0 Å². The van der Waals surface area contributed by atoms with Crippen LogP contribution in [0, 0.1) is 0 Å². The molecule has 14 rings (SSSR count). The van der Waals surface area contributed by atoms with Crippen LogP contribution in [0.25, 0.3) is 11.1 Å². The zero-order valence-corrected chi connectivity index (χ0v) is 108. The summed E-state index contributed by atoms with van der Waals surface area (Å²) in [7, 11) is 27.4. The summed E-state index contributed by atoms with van der Waals surface area (Å²) in [5.74, 6) is 3.90. The molecule has 0 N–H and O–H groups in total. The van der Waals surface area contributed by atoms with Gasteiger partial charge in [-0.2, -0.15) is 0 Å². The molecule has 7 aliphatic rings. The Morgan fingerprint density at radius 2 is 0.789 bits per heavy atom. The van der Waals surface area contributed by atoms with Crippen molar-refractivity contribution in [2.24, 2.45) is 0 Å². The molecule has 0 aliphatic carbocycles. The topological polar surface area (TPSA) is 61.9 Å². The SMILES string of the molecule is C[N]1CC[N](C)[Sb]1([CH3])([CH3])[F].C[O][Bi]([CH3])([CH3])([O]C)[c]1ccccc1.[CH3][Bi]([CH3])([Br])([Br])[c]1ccccc1.[CH3][Bi]([CH3])([Cl])([Cl])[c]1ccccc1.[CH3][Bi]1([CH3])([F])[O]c2ccccc2[O]1.[CH3][Bi]1([CH3])([F])[S]c2ccccc2[S]1.[CH3][Sb]1([CH3])([CH3])[CH2]CC[CH2]1.[CH3][Sb]1([CH3])([CH3])[O]CC[O]1.[CH3][Sb]1([CH3])([CH3])[S]CC[S]1.[CH3][Sb]1([CH3])([F])[c]2ccccc2-c2cccc[c]21. The molecule has 109 heavy (non-hydrogen) atoms. The Bertz CT molecular complexity index is 3870. The van der Waals surface area contributed by atoms with Crippen molar-refractivity contribution in [1.29, 1.82) is 0 Å². The van der Waals surface area contributed by atoms with Gasteiger partial charge in [0.05, 0.1) is 0 Å². The Balaban J connectivity index is 0.000000218. The number of hydrogen-bond acceptors (Lipinski definition) is 12. The van der Waals surface area contributed by atoms with Crippen LogP contribution in [-0.4, -0.2) is 246 Å². The number of likely N-dealkylation sites (N-methyl/N-ethyl adjacent to an activating group) is 2. The summed E-state index contributed by atoms with van der Waals surface area (Å²) in [5.41, 5.74) is 2.21. The molecule has 30 heteroatoms. The Morgan fingerprint density at radius 1 is 0.468 bits per heavy atom. The summed E-state index contributed by atoms with van der Waals surface area (Å²) in [6, 6.07) is 61.7. The fraction of sp³-hybridized carbons (Fsp3) is 0.468. The van der Waals surface area contributed by atoms with Crippen LogP contribution in [0.1, 0.15) is 12.8 Å². The summed E-state index contributed by atoms with van der Waals surface area (Å²) in [6.07, 6.45) is 3.07. The number of para-hydroxylation sites is 2. The Labute approximate surface area is 704 Å². The number of nitrogens with zero attached hydrogens (tertiary/aromatic N) is 2. The van der Waals surface area contributed by atoms with E-state index < -0.39 is 174 Å². The average Bonchev–Trinajstić information content (AvgIpc) is 1.54. The van der Waals surface area contributed by atoms with Gasteiger partial charge >= 0.3 is 719 Å². The molecular weight excluding hydrogens is 3160 g/mol. The summed E-state index contributed by atoms with van der Waals surface area (Å²) < 4.78 is 123. The molecule has 0 amide bonds. The van der Waals surface area contributed by atoms with E-state index in [2.05, 4.69) is 141 Å². The minimum absolute atomic E-state index is 0.540. The molecule has 7 aromatic rings. The first-order valence-electron chi connectivity index (χ1n) is 36.2. The fourth-order valence-electron chi connectivity index (χ4n) is 11.9. The van der Waals surface area contributed by atoms with Crippen LogP contribution in [-0.2, 0) is 11.7 Å². The molecule has 0 atom stereocenters. The molecule has 4 fully saturated rings. The van der Waals surface area contributed by atoms with Gasteiger partial charge in [0.1, 0.15) is 0 Å². The van der Waals surface area contributed by atoms with Crippen molar-refractivity contribution in [3.8, 4) is 22.6 Å². The third-order valence-corrected chi connectivity index (χ3v) is 151. The van der Waals surface area contributed by atoms with E-state index in [0.717, 1.165) is 57.5 Å². The number of hydrogen-bond donors (Lipinski definition) is 0. The third kappa shape index (κ3) is 33.8. The summed E-state index contributed by atoms with van der Waals surface area (Å²) in [5, 5.41) is 0. The standard InChI is InChI=1S/C12H8.C6H6O2.C6H6S2.3C6H5.C4H10N2.C4H8.C2H4O2.C2H6S2.2CH3O.23CH3.5Bi.2BrH.2ClH.4FH.5Sb/c1-3-7-11(8-4-1)12-9-5-2-6-10-12;2*7-5-3-1-2-4-6(5)8;3*1-2-4-6-5-3-1;1-5-3-4-6-2;1-3-4-2;2*3-1-2-4;2*1-2;;;;;;;;;;;;;;;;;;;;;;;;;;;;;;;;;;;;;;;;;/h1-7,9H;2*1-4,7-8H;3*1-5H;3-4H2,1-2H3;1-4H2;1-2H2;3-4H,1-2H2;2*1H3;23*1H3;;;;;;8*1H;;;;;/q;;;;;;-2;;-2;;2*-1;;;;;;;;;;;;;;;;;;;;;;;;3*+2;2*+3;;;;;;;;;;+1;2*+2;+3/p-14. The Kier molecular flexibility index (Phi) is 35.8. The van der Waals surface area contributed by atoms with Crippen LogP contribution in [0.2, 0.25) is 118 Å². The predicted molar refractivity (Wildman–Crippen MR) is 517 cm³/mol. The Morgan fingerprint density at radius 3 is 1.05 bits per heavy atom. The first kappa shape index (κ1) is 105. The van der Waals surface area contributed by atoms with Crippen molar-refractivity contribution in [2.75, 3.05) is 66.1 Å². The molecule has 0 bridgehead atoms. The number of halogens is 8. The zero-order valence-electron chi connectivity index (χ0n) is 69.9. The molecule has 0 spiro atoms. The van der Waals surface area contributed by atoms with Crippen LogP contribution in [0.4, 0.5) is 10.9 Å². The number of benzene rings is 7. The maximum absolute atomic E-state index is 15.5. The van der Waals surface area contributed by atoms with Gasteiger partial charge in [-0.15, -0.1) is 0 Å². The van der Waals surface area contributed by atoms with Crippen molar-refractivity contribution in [2.45, 2.75) is 141 Å². The molecule has 0 unspecified atom stereocenters. The van der Waals surface area contributed by atoms with Gasteiger partial charge in [0.15, 0.2) is 0 Å². The molecule has 0 aromatic heterocycles. The van der Waals surface area contributed by atoms with Gasteiger partial charge in [-0.05, 0) is 0 Å². The maximum atomic E-state index is 15.5. The van der Waals surface area contributed by atoms with Crippen molar-refractivity contribution in [1.82, 2.24) is 6.12 Å². The van der Waals surface area contributed by atoms with Gasteiger partial charge in [0.25, 0.3) is 0 Å². The first-order chi connectivity index (χ1) is 48.9. The summed E-state index contributed by atoms with van der Waals surface area (Å²) >= 11 is -24.9. The molecular formula is C79H132Bi5Br2Cl2F4N2O6S4Sb5. The number of fused-ring (bicyclic) bond motifs is 5. The van der Waals surface area contributed by atoms with E-state index in [-0.39, 0.29) is 0 Å². The Hall–Kier alpha value is 5.07. The quantitative estimate of drug-likeness (QED) is 0.122. The van der Waals surface area contributed by atoms with Crippen molar-refractivity contribution in [3.63, 3.8) is 0 Å². The molecule has 624 valence electrons. The van der Waals surface area contributed by atoms with E-state index in [0.29, 0.717) is 11.5 Å². The molecule has 8 nitrogen and oxygen atoms in total. The third-order valence-electron chi connectivity index (χ3n) is 19.3. The van der Waals surface area contributed by atoms with Gasteiger partial charge in [0.2, 0.25) is 0 Å². The fourth-order valence-corrected chi connectivity index (χ4v) is 111.